The third kappa shape index (κ3) is 8.11. The second-order valence-corrected chi connectivity index (χ2v) is 9.96. The molecular formula is C32H35ClN2O4. The first-order chi connectivity index (χ1) is 19.0. The summed E-state index contributed by atoms with van der Waals surface area (Å²) >= 11 is 6.25. The summed E-state index contributed by atoms with van der Waals surface area (Å²) in [6.07, 6.45) is 7.71. The second-order valence-electron chi connectivity index (χ2n) is 9.55. The SMILES string of the molecule is COc1ccc(CN(C(=O)COc2ccccc2Cl)[C@H](C(=O)NCCC2=CCCCC2)c2ccccc2)cc1. The van der Waals surface area contributed by atoms with Crippen LogP contribution in [0.25, 0.3) is 0 Å². The van der Waals surface area contributed by atoms with Crippen LogP contribution in [0.1, 0.15) is 49.3 Å². The highest BCUT2D eigenvalue weighted by molar-refractivity contribution is 6.32. The van der Waals surface area contributed by atoms with Crippen molar-refractivity contribution < 1.29 is 19.1 Å². The quantitative estimate of drug-likeness (QED) is 0.263. The van der Waals surface area contributed by atoms with Crippen molar-refractivity contribution >= 4 is 23.4 Å². The van der Waals surface area contributed by atoms with Crippen LogP contribution in [0.4, 0.5) is 0 Å². The van der Waals surface area contributed by atoms with Crippen LogP contribution in [-0.4, -0.2) is 37.0 Å². The molecule has 0 saturated heterocycles. The van der Waals surface area contributed by atoms with Gasteiger partial charge in [-0.05, 0) is 67.5 Å². The Morgan fingerprint density at radius 3 is 2.41 bits per heavy atom. The summed E-state index contributed by atoms with van der Waals surface area (Å²) in [5, 5.41) is 3.51. The van der Waals surface area contributed by atoms with Crippen molar-refractivity contribution in [2.24, 2.45) is 0 Å². The summed E-state index contributed by atoms with van der Waals surface area (Å²) in [7, 11) is 1.61. The van der Waals surface area contributed by atoms with Gasteiger partial charge in [-0.25, -0.2) is 0 Å². The number of para-hydroxylation sites is 1. The first kappa shape index (κ1) is 28.2. The van der Waals surface area contributed by atoms with E-state index in [1.54, 1.807) is 36.3 Å². The maximum Gasteiger partial charge on any atom is 0.261 e. The fraction of sp³-hybridized carbons (Fsp3) is 0.312. The number of hydrogen-bond acceptors (Lipinski definition) is 4. The number of ether oxygens (including phenoxy) is 2. The molecule has 3 aromatic rings. The highest BCUT2D eigenvalue weighted by Crippen LogP contribution is 2.27. The molecule has 0 unspecified atom stereocenters. The fourth-order valence-electron chi connectivity index (χ4n) is 4.72. The van der Waals surface area contributed by atoms with Crippen LogP contribution >= 0.6 is 11.6 Å². The molecule has 0 radical (unpaired) electrons. The Kier molecular flexibility index (Phi) is 10.4. The lowest BCUT2D eigenvalue weighted by atomic mass is 9.97. The van der Waals surface area contributed by atoms with Gasteiger partial charge in [0.05, 0.1) is 12.1 Å². The zero-order valence-corrected chi connectivity index (χ0v) is 23.0. The van der Waals surface area contributed by atoms with Crippen LogP contribution < -0.4 is 14.8 Å². The number of nitrogens with one attached hydrogen (secondary N) is 1. The molecule has 0 heterocycles. The Labute approximate surface area is 235 Å². The number of methoxy groups -OCH3 is 1. The minimum Gasteiger partial charge on any atom is -0.497 e. The van der Waals surface area contributed by atoms with Crippen molar-refractivity contribution in [3.05, 3.63) is 107 Å². The molecule has 0 spiro atoms. The van der Waals surface area contributed by atoms with Gasteiger partial charge in [0, 0.05) is 13.1 Å². The van der Waals surface area contributed by atoms with E-state index in [2.05, 4.69) is 11.4 Å². The summed E-state index contributed by atoms with van der Waals surface area (Å²) < 4.78 is 11.1. The van der Waals surface area contributed by atoms with E-state index < -0.39 is 6.04 Å². The normalized spacial score (nSPS) is 13.6. The molecule has 1 N–H and O–H groups in total. The fourth-order valence-corrected chi connectivity index (χ4v) is 4.91. The van der Waals surface area contributed by atoms with Crippen LogP contribution in [0.5, 0.6) is 11.5 Å². The number of halogens is 1. The predicted octanol–water partition coefficient (Wildman–Crippen LogP) is 6.50. The third-order valence-electron chi connectivity index (χ3n) is 6.83. The molecule has 0 fully saturated rings. The minimum absolute atomic E-state index is 0.215. The Hall–Kier alpha value is -3.77. The summed E-state index contributed by atoms with van der Waals surface area (Å²) in [4.78, 5) is 29.1. The molecule has 1 aliphatic carbocycles. The van der Waals surface area contributed by atoms with E-state index in [-0.39, 0.29) is 25.0 Å². The van der Waals surface area contributed by atoms with E-state index in [1.165, 1.54) is 18.4 Å². The number of nitrogens with zero attached hydrogens (tertiary/aromatic N) is 1. The van der Waals surface area contributed by atoms with Gasteiger partial charge in [-0.3, -0.25) is 9.59 Å². The first-order valence-electron chi connectivity index (χ1n) is 13.4. The maximum atomic E-state index is 13.7. The number of carbonyl (C=O) groups is 2. The van der Waals surface area contributed by atoms with Gasteiger partial charge >= 0.3 is 0 Å². The molecule has 6 nitrogen and oxygen atoms in total. The highest BCUT2D eigenvalue weighted by Gasteiger charge is 2.32. The predicted molar refractivity (Wildman–Crippen MR) is 154 cm³/mol. The standard InChI is InChI=1S/C32H35ClN2O4/c1-38-27-18-16-25(17-19-27)22-35(30(36)23-39-29-15-9-8-14-28(29)33)31(26-12-6-3-7-13-26)32(37)34-21-20-24-10-4-2-5-11-24/h3,6-10,12-19,31H,2,4-5,11,20-23H2,1H3,(H,34,37)/t31-/m0/s1. The number of rotatable bonds is 12. The molecule has 4 rings (SSSR count). The topological polar surface area (TPSA) is 67.9 Å². The summed E-state index contributed by atoms with van der Waals surface area (Å²) in [6, 6.07) is 23.0. The Balaban J connectivity index is 1.58. The van der Waals surface area contributed by atoms with Crippen molar-refractivity contribution in [2.75, 3.05) is 20.3 Å². The average Bonchev–Trinajstić information content (AvgIpc) is 2.98. The van der Waals surface area contributed by atoms with Gasteiger partial charge in [-0.2, -0.15) is 0 Å². The molecule has 0 bridgehead atoms. The van der Waals surface area contributed by atoms with Crippen molar-refractivity contribution in [1.29, 1.82) is 0 Å². The van der Waals surface area contributed by atoms with Gasteiger partial charge < -0.3 is 19.7 Å². The van der Waals surface area contributed by atoms with Gasteiger partial charge in [0.2, 0.25) is 5.91 Å². The second kappa shape index (κ2) is 14.4. The number of hydrogen-bond donors (Lipinski definition) is 1. The van der Waals surface area contributed by atoms with E-state index in [1.807, 2.05) is 54.6 Å². The average molecular weight is 547 g/mol. The Bertz CT molecular complexity index is 1260. The van der Waals surface area contributed by atoms with Crippen molar-refractivity contribution in [1.82, 2.24) is 10.2 Å². The Morgan fingerprint density at radius 1 is 0.974 bits per heavy atom. The zero-order valence-electron chi connectivity index (χ0n) is 22.3. The van der Waals surface area contributed by atoms with Gasteiger partial charge in [-0.1, -0.05) is 77.8 Å². The first-order valence-corrected chi connectivity index (χ1v) is 13.7. The van der Waals surface area contributed by atoms with Crippen LogP contribution in [0.15, 0.2) is 90.5 Å². The molecule has 0 aromatic heterocycles. The van der Waals surface area contributed by atoms with E-state index in [4.69, 9.17) is 21.1 Å². The van der Waals surface area contributed by atoms with Crippen LogP contribution in [-0.2, 0) is 16.1 Å². The van der Waals surface area contributed by atoms with Gasteiger partial charge in [0.25, 0.3) is 5.91 Å². The monoisotopic (exact) mass is 546 g/mol. The third-order valence-corrected chi connectivity index (χ3v) is 7.14. The number of amides is 2. The number of benzene rings is 3. The lowest BCUT2D eigenvalue weighted by Gasteiger charge is -2.31. The van der Waals surface area contributed by atoms with E-state index in [9.17, 15) is 9.59 Å². The van der Waals surface area contributed by atoms with E-state index in [0.717, 1.165) is 30.4 Å². The summed E-state index contributed by atoms with van der Waals surface area (Å²) in [6.45, 7) is 0.477. The molecular weight excluding hydrogens is 512 g/mol. The molecule has 1 aliphatic rings. The summed E-state index contributed by atoms with van der Waals surface area (Å²) in [5.74, 6) is 0.577. The van der Waals surface area contributed by atoms with Crippen molar-refractivity contribution in [2.45, 2.75) is 44.7 Å². The smallest absolute Gasteiger partial charge is 0.261 e. The summed E-state index contributed by atoms with van der Waals surface area (Å²) in [5.41, 5.74) is 2.98. The highest BCUT2D eigenvalue weighted by atomic mass is 35.5. The molecule has 7 heteroatoms. The van der Waals surface area contributed by atoms with Crippen LogP contribution in [0.3, 0.4) is 0 Å². The molecule has 0 aliphatic heterocycles. The minimum atomic E-state index is -0.837. The maximum absolute atomic E-state index is 13.7. The van der Waals surface area contributed by atoms with Crippen LogP contribution in [0, 0.1) is 0 Å². The van der Waals surface area contributed by atoms with Crippen molar-refractivity contribution in [3.8, 4) is 11.5 Å². The largest absolute Gasteiger partial charge is 0.497 e. The molecule has 3 aromatic carbocycles. The van der Waals surface area contributed by atoms with Gasteiger partial charge in [-0.15, -0.1) is 0 Å². The van der Waals surface area contributed by atoms with E-state index >= 15 is 0 Å². The van der Waals surface area contributed by atoms with Gasteiger partial charge in [0.15, 0.2) is 6.61 Å². The van der Waals surface area contributed by atoms with Crippen LogP contribution in [0.2, 0.25) is 5.02 Å². The molecule has 204 valence electrons. The molecule has 0 saturated carbocycles. The number of carbonyl (C=O) groups excluding carboxylic acids is 2. The van der Waals surface area contributed by atoms with Gasteiger partial charge in [0.1, 0.15) is 17.5 Å². The molecule has 39 heavy (non-hydrogen) atoms. The van der Waals surface area contributed by atoms with Crippen molar-refractivity contribution in [3.63, 3.8) is 0 Å². The zero-order chi connectivity index (χ0) is 27.5. The molecule has 2 amide bonds. The molecule has 1 atom stereocenters. The lowest BCUT2D eigenvalue weighted by molar-refractivity contribution is -0.143. The number of allylic oxidation sites excluding steroid dienone is 1. The lowest BCUT2D eigenvalue weighted by Crippen LogP contribution is -2.45. The van der Waals surface area contributed by atoms with E-state index in [0.29, 0.717) is 23.1 Å². The Morgan fingerprint density at radius 2 is 1.72 bits per heavy atom.